The first-order valence-electron chi connectivity index (χ1n) is 11.2. The Kier molecular flexibility index (Phi) is 6.26. The first kappa shape index (κ1) is 24.9. The summed E-state index contributed by atoms with van der Waals surface area (Å²) in [6, 6.07) is 13.9. The first-order valence-corrected chi connectivity index (χ1v) is 12.8. The van der Waals surface area contributed by atoms with Gasteiger partial charge in [-0.15, -0.1) is 0 Å². The van der Waals surface area contributed by atoms with Crippen molar-refractivity contribution in [2.45, 2.75) is 18.0 Å². The molecule has 4 N–H and O–H groups in total. The number of hydrogen-bond acceptors (Lipinski definition) is 8. The number of rotatable bonds is 7. The highest BCUT2D eigenvalue weighted by atomic mass is 32.2. The molecular formula is C24H21N7O6S. The second-order valence-electron chi connectivity index (χ2n) is 8.41. The number of hydrogen-bond donors (Lipinski definition) is 3. The van der Waals surface area contributed by atoms with Gasteiger partial charge in [-0.1, -0.05) is 18.2 Å². The third kappa shape index (κ3) is 4.89. The topological polar surface area (TPSA) is 184 Å². The predicted molar refractivity (Wildman–Crippen MR) is 135 cm³/mol. The van der Waals surface area contributed by atoms with Gasteiger partial charge in [0.25, 0.3) is 11.8 Å². The molecule has 0 spiro atoms. The standard InChI is InChI=1S/C24H21N7O6S/c1-30-18-10-15(5-6-20(18)37-24(30)34)13-26-22(32)17-11-19(31-21(29-17)7-8-28-31)23(33)27-12-14-3-2-4-16(9-14)38(25,35)36/h2-11H,12-13H2,1H3,(H,26,32)(H,27,33)(H2,25,35,36). The number of nitrogens with two attached hydrogens (primary N) is 1. The highest BCUT2D eigenvalue weighted by molar-refractivity contribution is 7.89. The van der Waals surface area contributed by atoms with Gasteiger partial charge in [-0.05, 0) is 35.4 Å². The lowest BCUT2D eigenvalue weighted by atomic mass is 10.2. The van der Waals surface area contributed by atoms with Crippen molar-refractivity contribution in [1.82, 2.24) is 29.8 Å². The highest BCUT2D eigenvalue weighted by Gasteiger charge is 2.18. The number of aromatic nitrogens is 4. The van der Waals surface area contributed by atoms with Crippen LogP contribution in [0.15, 0.2) is 74.9 Å². The maximum atomic E-state index is 13.0. The van der Waals surface area contributed by atoms with E-state index >= 15 is 0 Å². The molecule has 3 heterocycles. The maximum absolute atomic E-state index is 13.0. The number of nitrogens with one attached hydrogen (secondary N) is 2. The molecular weight excluding hydrogens is 514 g/mol. The molecule has 38 heavy (non-hydrogen) atoms. The van der Waals surface area contributed by atoms with Crippen LogP contribution in [-0.4, -0.2) is 39.4 Å². The Balaban J connectivity index is 1.34. The van der Waals surface area contributed by atoms with Crippen LogP contribution in [0.2, 0.25) is 0 Å². The van der Waals surface area contributed by atoms with Crippen molar-refractivity contribution in [3.63, 3.8) is 0 Å². The number of benzene rings is 2. The molecule has 3 aromatic heterocycles. The van der Waals surface area contributed by atoms with E-state index in [1.165, 1.54) is 39.5 Å². The smallest absolute Gasteiger partial charge is 0.408 e. The van der Waals surface area contributed by atoms with Gasteiger partial charge in [0, 0.05) is 32.3 Å². The molecule has 2 aromatic carbocycles. The van der Waals surface area contributed by atoms with E-state index in [9.17, 15) is 22.8 Å². The van der Waals surface area contributed by atoms with Crippen molar-refractivity contribution in [1.29, 1.82) is 0 Å². The predicted octanol–water partition coefficient (Wildman–Crippen LogP) is 0.682. The summed E-state index contributed by atoms with van der Waals surface area (Å²) in [5, 5.41) is 14.7. The molecule has 0 bridgehead atoms. The number of aryl methyl sites for hydroxylation is 1. The van der Waals surface area contributed by atoms with Crippen LogP contribution in [0.5, 0.6) is 0 Å². The van der Waals surface area contributed by atoms with Crippen LogP contribution >= 0.6 is 0 Å². The van der Waals surface area contributed by atoms with Crippen LogP contribution in [0.25, 0.3) is 16.7 Å². The van der Waals surface area contributed by atoms with Crippen molar-refractivity contribution in [3.8, 4) is 0 Å². The molecule has 0 saturated heterocycles. The number of carbonyl (C=O) groups excluding carboxylic acids is 2. The van der Waals surface area contributed by atoms with Crippen LogP contribution in [0, 0.1) is 0 Å². The summed E-state index contributed by atoms with van der Waals surface area (Å²) in [6.45, 7) is 0.149. The number of amides is 2. The summed E-state index contributed by atoms with van der Waals surface area (Å²) in [4.78, 5) is 41.9. The van der Waals surface area contributed by atoms with Gasteiger partial charge >= 0.3 is 5.76 Å². The summed E-state index contributed by atoms with van der Waals surface area (Å²) < 4.78 is 31.0. The zero-order chi connectivity index (χ0) is 27.0. The van der Waals surface area contributed by atoms with Gasteiger partial charge in [0.1, 0.15) is 11.4 Å². The van der Waals surface area contributed by atoms with Crippen molar-refractivity contribution in [2.24, 2.45) is 12.2 Å². The fourth-order valence-corrected chi connectivity index (χ4v) is 4.44. The van der Waals surface area contributed by atoms with Crippen LogP contribution in [0.3, 0.4) is 0 Å². The van der Waals surface area contributed by atoms with E-state index in [1.807, 2.05) is 0 Å². The molecule has 5 aromatic rings. The molecule has 14 heteroatoms. The lowest BCUT2D eigenvalue weighted by Gasteiger charge is -2.10. The van der Waals surface area contributed by atoms with E-state index in [-0.39, 0.29) is 35.0 Å². The van der Waals surface area contributed by atoms with Gasteiger partial charge in [0.2, 0.25) is 10.0 Å². The van der Waals surface area contributed by atoms with E-state index in [2.05, 4.69) is 20.7 Å². The molecule has 0 atom stereocenters. The first-order chi connectivity index (χ1) is 18.1. The number of fused-ring (bicyclic) bond motifs is 2. The minimum Gasteiger partial charge on any atom is -0.408 e. The molecule has 5 rings (SSSR count). The summed E-state index contributed by atoms with van der Waals surface area (Å²) in [7, 11) is -2.30. The Morgan fingerprint density at radius 1 is 1.00 bits per heavy atom. The van der Waals surface area contributed by atoms with E-state index in [0.717, 1.165) is 5.56 Å². The fourth-order valence-electron chi connectivity index (χ4n) is 3.85. The number of sulfonamides is 1. The van der Waals surface area contributed by atoms with Gasteiger partial charge in [0.15, 0.2) is 11.2 Å². The van der Waals surface area contributed by atoms with Crippen molar-refractivity contribution in [2.75, 3.05) is 0 Å². The molecule has 0 aliphatic rings. The zero-order valence-corrected chi connectivity index (χ0v) is 20.7. The van der Waals surface area contributed by atoms with Crippen LogP contribution in [0.1, 0.15) is 32.1 Å². The second kappa shape index (κ2) is 9.57. The lowest BCUT2D eigenvalue weighted by molar-refractivity contribution is 0.0942. The Labute approximate surface area is 214 Å². The molecule has 13 nitrogen and oxygen atoms in total. The van der Waals surface area contributed by atoms with Gasteiger partial charge < -0.3 is 15.1 Å². The minimum absolute atomic E-state index is 0.00355. The number of oxazole rings is 1. The Bertz CT molecular complexity index is 1890. The van der Waals surface area contributed by atoms with Gasteiger partial charge in [-0.3, -0.25) is 14.2 Å². The van der Waals surface area contributed by atoms with Crippen LogP contribution in [-0.2, 0) is 30.2 Å². The fraction of sp³-hybridized carbons (Fsp3) is 0.125. The Morgan fingerprint density at radius 2 is 1.74 bits per heavy atom. The number of nitrogens with zero attached hydrogens (tertiary/aromatic N) is 4. The highest BCUT2D eigenvalue weighted by Crippen LogP contribution is 2.15. The van der Waals surface area contributed by atoms with Crippen molar-refractivity contribution in [3.05, 3.63) is 93.9 Å². The largest absolute Gasteiger partial charge is 0.419 e. The SMILES string of the molecule is Cn1c(=O)oc2ccc(CNC(=O)c3cc(C(=O)NCc4cccc(S(N)(=O)=O)c4)n4nccc4n3)cc21. The van der Waals surface area contributed by atoms with Gasteiger partial charge in [-0.2, -0.15) is 5.10 Å². The summed E-state index contributed by atoms with van der Waals surface area (Å²) in [5.74, 6) is -1.56. The van der Waals surface area contributed by atoms with E-state index in [4.69, 9.17) is 9.56 Å². The number of carbonyl (C=O) groups is 2. The van der Waals surface area contributed by atoms with Crippen molar-refractivity contribution < 1.29 is 22.4 Å². The van der Waals surface area contributed by atoms with Crippen LogP contribution < -0.4 is 21.5 Å². The third-order valence-corrected chi connectivity index (χ3v) is 6.72. The molecule has 194 valence electrons. The monoisotopic (exact) mass is 535 g/mol. The molecule has 0 radical (unpaired) electrons. The minimum atomic E-state index is -3.89. The average molecular weight is 536 g/mol. The normalized spacial score (nSPS) is 11.6. The second-order valence-corrected chi connectivity index (χ2v) is 9.98. The third-order valence-electron chi connectivity index (χ3n) is 5.81. The van der Waals surface area contributed by atoms with Gasteiger partial charge in [0.05, 0.1) is 16.6 Å². The van der Waals surface area contributed by atoms with Gasteiger partial charge in [-0.25, -0.2) is 27.9 Å². The quantitative estimate of drug-likeness (QED) is 0.272. The van der Waals surface area contributed by atoms with E-state index < -0.39 is 27.6 Å². The Morgan fingerprint density at radius 3 is 2.50 bits per heavy atom. The summed E-state index contributed by atoms with van der Waals surface area (Å²) >= 11 is 0. The zero-order valence-electron chi connectivity index (χ0n) is 19.9. The summed E-state index contributed by atoms with van der Waals surface area (Å²) in [5.41, 5.74) is 2.61. The molecule has 0 aliphatic heterocycles. The van der Waals surface area contributed by atoms with Crippen molar-refractivity contribution >= 4 is 38.6 Å². The van der Waals surface area contributed by atoms with E-state index in [1.54, 1.807) is 37.4 Å². The molecule has 2 amide bonds. The lowest BCUT2D eigenvalue weighted by Crippen LogP contribution is -2.28. The molecule has 0 saturated carbocycles. The average Bonchev–Trinajstić information content (AvgIpc) is 3.48. The Hall–Kier alpha value is -4.82. The van der Waals surface area contributed by atoms with Crippen LogP contribution in [0.4, 0.5) is 0 Å². The number of primary sulfonamides is 1. The molecule has 0 fully saturated rings. The summed E-state index contributed by atoms with van der Waals surface area (Å²) in [6.07, 6.45) is 1.45. The molecule has 0 unspecified atom stereocenters. The molecule has 0 aliphatic carbocycles. The van der Waals surface area contributed by atoms with E-state index in [0.29, 0.717) is 16.7 Å². The maximum Gasteiger partial charge on any atom is 0.419 e.